The van der Waals surface area contributed by atoms with E-state index in [4.69, 9.17) is 9.47 Å². The molecule has 2 atom stereocenters. The number of ether oxygens (including phenoxy) is 2. The molecule has 2 aliphatic heterocycles. The van der Waals surface area contributed by atoms with Gasteiger partial charge in [-0.1, -0.05) is 0 Å². The maximum atomic E-state index is 14.5. The van der Waals surface area contributed by atoms with Crippen LogP contribution in [-0.4, -0.2) is 64.8 Å². The van der Waals surface area contributed by atoms with Gasteiger partial charge in [0.25, 0.3) is 5.88 Å². The number of carbonyl (C=O) groups is 1. The van der Waals surface area contributed by atoms with E-state index >= 15 is 0 Å². The molecule has 0 aliphatic carbocycles. The fourth-order valence-electron chi connectivity index (χ4n) is 4.60. The minimum Gasteiger partial charge on any atom is -0.469 e. The predicted molar refractivity (Wildman–Crippen MR) is 125 cm³/mol. The first-order valence-electron chi connectivity index (χ1n) is 11.4. The van der Waals surface area contributed by atoms with Crippen molar-refractivity contribution >= 4 is 33.1 Å². The normalized spacial score (nSPS) is 21.4. The zero-order valence-corrected chi connectivity index (χ0v) is 20.7. The van der Waals surface area contributed by atoms with E-state index in [1.54, 1.807) is 18.7 Å². The van der Waals surface area contributed by atoms with E-state index in [9.17, 15) is 27.7 Å². The Morgan fingerprint density at radius 3 is 2.47 bits per heavy atom. The van der Waals surface area contributed by atoms with Gasteiger partial charge >= 0.3 is 11.8 Å². The summed E-state index contributed by atoms with van der Waals surface area (Å²) in [4.78, 5) is 32.9. The number of benzene rings is 1. The van der Waals surface area contributed by atoms with Crippen LogP contribution in [0.2, 0.25) is 0 Å². The van der Waals surface area contributed by atoms with Gasteiger partial charge in [-0.2, -0.15) is 4.98 Å². The number of carbonyl (C=O) groups excluding carboxylic acids is 1. The number of sulfone groups is 1. The van der Waals surface area contributed by atoms with Crippen molar-refractivity contribution in [1.82, 2.24) is 14.9 Å². The average molecular weight is 524 g/mol. The third kappa shape index (κ3) is 5.32. The van der Waals surface area contributed by atoms with E-state index in [1.165, 1.54) is 6.07 Å². The monoisotopic (exact) mass is 523 g/mol. The Labute approximate surface area is 206 Å². The molecule has 12 nitrogen and oxygen atoms in total. The van der Waals surface area contributed by atoms with Gasteiger partial charge in [-0.15, -0.1) is 0 Å². The lowest BCUT2D eigenvalue weighted by atomic mass is 10.0. The summed E-state index contributed by atoms with van der Waals surface area (Å²) in [6.07, 6.45) is 3.41. The highest BCUT2D eigenvalue weighted by molar-refractivity contribution is 7.90. The molecule has 2 fully saturated rings. The molecule has 3 heterocycles. The summed E-state index contributed by atoms with van der Waals surface area (Å²) in [5.74, 6) is -1.52. The van der Waals surface area contributed by atoms with Crippen LogP contribution in [0.5, 0.6) is 5.88 Å². The standard InChI is InChI=1S/C22H26FN5O7S/c1-12(2)34-22(29)27-13-4-5-14(27)9-15(8-13)35-21-19(28(30)31)20(24-11-25-21)26-18-7-6-16(10-17(18)23)36(3,32)33/h6-7,10-15H,4-5,8-9H2,1-3H3,(H,24,25,26). The fourth-order valence-corrected chi connectivity index (χ4v) is 5.23. The second-order valence-electron chi connectivity index (χ2n) is 9.11. The number of fused-ring (bicyclic) bond motifs is 2. The first-order valence-corrected chi connectivity index (χ1v) is 13.2. The second kappa shape index (κ2) is 9.84. The van der Waals surface area contributed by atoms with Gasteiger partial charge in [0.2, 0.25) is 5.82 Å². The highest BCUT2D eigenvalue weighted by atomic mass is 32.2. The number of anilines is 2. The minimum atomic E-state index is -3.63. The van der Waals surface area contributed by atoms with Crippen molar-refractivity contribution < 1.29 is 32.0 Å². The van der Waals surface area contributed by atoms with Crippen LogP contribution in [0.3, 0.4) is 0 Å². The molecule has 2 unspecified atom stereocenters. The Kier molecular flexibility index (Phi) is 6.98. The lowest BCUT2D eigenvalue weighted by Gasteiger charge is -2.38. The van der Waals surface area contributed by atoms with Gasteiger partial charge in [-0.3, -0.25) is 10.1 Å². The van der Waals surface area contributed by atoms with Crippen molar-refractivity contribution in [3.63, 3.8) is 0 Å². The zero-order chi connectivity index (χ0) is 26.2. The van der Waals surface area contributed by atoms with Crippen LogP contribution in [-0.2, 0) is 14.6 Å². The van der Waals surface area contributed by atoms with Gasteiger partial charge in [0.1, 0.15) is 18.2 Å². The molecular weight excluding hydrogens is 497 g/mol. The largest absolute Gasteiger partial charge is 0.469 e. The Morgan fingerprint density at radius 2 is 1.92 bits per heavy atom. The molecule has 1 N–H and O–H groups in total. The van der Waals surface area contributed by atoms with Crippen LogP contribution in [0.1, 0.15) is 39.5 Å². The lowest BCUT2D eigenvalue weighted by Crippen LogP contribution is -2.50. The topological polar surface area (TPSA) is 154 Å². The molecule has 1 aromatic carbocycles. The summed E-state index contributed by atoms with van der Waals surface area (Å²) in [5.41, 5.74) is -0.789. The molecule has 0 spiro atoms. The molecule has 2 saturated heterocycles. The summed E-state index contributed by atoms with van der Waals surface area (Å²) >= 11 is 0. The maximum Gasteiger partial charge on any atom is 0.410 e. The molecule has 0 saturated carbocycles. The first kappa shape index (κ1) is 25.5. The molecule has 2 aromatic rings. The van der Waals surface area contributed by atoms with Gasteiger partial charge in [-0.25, -0.2) is 22.6 Å². The molecule has 2 bridgehead atoms. The Morgan fingerprint density at radius 1 is 1.25 bits per heavy atom. The number of piperidine rings is 1. The van der Waals surface area contributed by atoms with Crippen molar-refractivity contribution in [3.8, 4) is 5.88 Å². The summed E-state index contributed by atoms with van der Waals surface area (Å²) in [6, 6.07) is 2.93. The number of rotatable bonds is 7. The highest BCUT2D eigenvalue weighted by Crippen LogP contribution is 2.40. The van der Waals surface area contributed by atoms with Crippen molar-refractivity contribution in [2.24, 2.45) is 0 Å². The van der Waals surface area contributed by atoms with E-state index in [0.29, 0.717) is 12.8 Å². The first-order chi connectivity index (χ1) is 16.9. The Balaban J connectivity index is 1.54. The van der Waals surface area contributed by atoms with Crippen LogP contribution in [0.4, 0.5) is 26.4 Å². The van der Waals surface area contributed by atoms with Crippen molar-refractivity contribution in [2.75, 3.05) is 11.6 Å². The van der Waals surface area contributed by atoms with Crippen LogP contribution in [0, 0.1) is 15.9 Å². The van der Waals surface area contributed by atoms with Crippen molar-refractivity contribution in [1.29, 1.82) is 0 Å². The van der Waals surface area contributed by atoms with Gasteiger partial charge in [0.05, 0.1) is 21.6 Å². The molecule has 0 radical (unpaired) electrons. The second-order valence-corrected chi connectivity index (χ2v) is 11.1. The Hall–Kier alpha value is -3.55. The number of amides is 1. The van der Waals surface area contributed by atoms with Gasteiger partial charge < -0.3 is 19.7 Å². The summed E-state index contributed by atoms with van der Waals surface area (Å²) in [5, 5.41) is 14.4. The van der Waals surface area contributed by atoms with Gasteiger partial charge in [0.15, 0.2) is 9.84 Å². The molecule has 194 valence electrons. The van der Waals surface area contributed by atoms with Crippen LogP contribution >= 0.6 is 0 Å². The number of halogens is 1. The molecule has 1 amide bonds. The van der Waals surface area contributed by atoms with E-state index in [0.717, 1.165) is 37.6 Å². The lowest BCUT2D eigenvalue weighted by molar-refractivity contribution is -0.385. The van der Waals surface area contributed by atoms with E-state index in [1.807, 2.05) is 0 Å². The van der Waals surface area contributed by atoms with Crippen molar-refractivity contribution in [2.45, 2.75) is 68.7 Å². The molecule has 36 heavy (non-hydrogen) atoms. The summed E-state index contributed by atoms with van der Waals surface area (Å²) < 4.78 is 49.1. The maximum absolute atomic E-state index is 14.5. The molecular formula is C22H26FN5O7S. The number of hydrogen-bond acceptors (Lipinski definition) is 10. The minimum absolute atomic E-state index is 0.110. The molecule has 4 rings (SSSR count). The number of nitrogens with one attached hydrogen (secondary N) is 1. The smallest absolute Gasteiger partial charge is 0.410 e. The third-order valence-electron chi connectivity index (χ3n) is 6.11. The Bertz CT molecular complexity index is 1280. The number of aromatic nitrogens is 2. The highest BCUT2D eigenvalue weighted by Gasteiger charge is 2.45. The number of nitro groups is 1. The molecule has 2 aliphatic rings. The number of hydrogen-bond donors (Lipinski definition) is 1. The molecule has 14 heteroatoms. The van der Waals surface area contributed by atoms with Gasteiger partial charge in [-0.05, 0) is 44.9 Å². The third-order valence-corrected chi connectivity index (χ3v) is 7.22. The fraction of sp³-hybridized carbons (Fsp3) is 0.500. The van der Waals surface area contributed by atoms with Crippen LogP contribution < -0.4 is 10.1 Å². The quantitative estimate of drug-likeness (QED) is 0.420. The predicted octanol–water partition coefficient (Wildman–Crippen LogP) is 3.59. The van der Waals surface area contributed by atoms with Crippen LogP contribution in [0.25, 0.3) is 0 Å². The SMILES string of the molecule is CC(C)OC(=O)N1C2CCC1CC(Oc1ncnc(Nc3ccc(S(C)(=O)=O)cc3F)c1[N+](=O)[O-])C2. The molecule has 1 aromatic heterocycles. The van der Waals surface area contributed by atoms with Crippen LogP contribution in [0.15, 0.2) is 29.4 Å². The van der Waals surface area contributed by atoms with E-state index in [2.05, 4.69) is 15.3 Å². The van der Waals surface area contributed by atoms with Gasteiger partial charge in [0, 0.05) is 31.2 Å². The van der Waals surface area contributed by atoms with E-state index in [-0.39, 0.29) is 46.6 Å². The average Bonchev–Trinajstić information content (AvgIpc) is 3.04. The zero-order valence-electron chi connectivity index (χ0n) is 19.9. The summed E-state index contributed by atoms with van der Waals surface area (Å²) in [7, 11) is -3.63. The number of nitrogens with zero attached hydrogens (tertiary/aromatic N) is 4. The van der Waals surface area contributed by atoms with E-state index < -0.39 is 32.4 Å². The summed E-state index contributed by atoms with van der Waals surface area (Å²) in [6.45, 7) is 3.56. The van der Waals surface area contributed by atoms with Crippen molar-refractivity contribution in [3.05, 3.63) is 40.5 Å².